The number of para-hydroxylation sites is 2. The second kappa shape index (κ2) is 13.2. The molecule has 0 N–H and O–H groups in total. The molecule has 2 heterocycles. The summed E-state index contributed by atoms with van der Waals surface area (Å²) < 4.78 is 0. The molecule has 0 aliphatic carbocycles. The van der Waals surface area contributed by atoms with Crippen molar-refractivity contribution in [3.05, 3.63) is 173 Å². The van der Waals surface area contributed by atoms with Crippen LogP contribution in [0.4, 0.5) is 34.1 Å². The summed E-state index contributed by atoms with van der Waals surface area (Å²) in [4.78, 5) is 5.16. The van der Waals surface area contributed by atoms with E-state index in [9.17, 15) is 0 Å². The highest BCUT2D eigenvalue weighted by Crippen LogP contribution is 2.49. The van der Waals surface area contributed by atoms with E-state index in [1.165, 1.54) is 101 Å². The lowest BCUT2D eigenvalue weighted by atomic mass is 9.33. The van der Waals surface area contributed by atoms with Crippen molar-refractivity contribution in [1.29, 1.82) is 0 Å². The molecule has 0 fully saturated rings. The molecule has 276 valence electrons. The van der Waals surface area contributed by atoms with Gasteiger partial charge in [0.25, 0.3) is 6.71 Å². The Kier molecular flexibility index (Phi) is 8.43. The molecule has 9 rings (SSSR count). The standard InChI is InChI=1S/C53H51BN2/c1-34-30-49-51-50(31-34)56(46-25-17-15-23-42(46)40-21-13-11-19-36(40)3)48-29-27-38(53(7,8)9)33-44(48)54(51)43-32-37(52(4,5)6)26-28-47(43)55(49)45-24-16-14-22-41(45)39-20-12-10-18-35(39)2/h10-33H,1-9H3. The molecule has 7 aromatic rings. The van der Waals surface area contributed by atoms with Crippen LogP contribution >= 0.6 is 0 Å². The summed E-state index contributed by atoms with van der Waals surface area (Å²) in [6.45, 7) is 20.8. The number of nitrogens with zero attached hydrogens (tertiary/aromatic N) is 2. The van der Waals surface area contributed by atoms with Gasteiger partial charge in [-0.15, -0.1) is 0 Å². The van der Waals surface area contributed by atoms with E-state index in [0.29, 0.717) is 0 Å². The van der Waals surface area contributed by atoms with Gasteiger partial charge in [0.05, 0.1) is 11.4 Å². The minimum atomic E-state index is -0.0153. The summed E-state index contributed by atoms with van der Waals surface area (Å²) in [7, 11) is 0. The summed E-state index contributed by atoms with van der Waals surface area (Å²) >= 11 is 0. The average Bonchev–Trinajstić information content (AvgIpc) is 3.17. The Morgan fingerprint density at radius 3 is 1.14 bits per heavy atom. The van der Waals surface area contributed by atoms with Crippen LogP contribution < -0.4 is 26.2 Å². The minimum absolute atomic E-state index is 0.0153. The van der Waals surface area contributed by atoms with E-state index in [1.54, 1.807) is 0 Å². The maximum atomic E-state index is 2.58. The molecule has 0 atom stereocenters. The van der Waals surface area contributed by atoms with Crippen molar-refractivity contribution in [2.75, 3.05) is 9.80 Å². The van der Waals surface area contributed by atoms with Gasteiger partial charge in [-0.25, -0.2) is 0 Å². The molecule has 0 amide bonds. The van der Waals surface area contributed by atoms with E-state index in [2.05, 4.69) is 218 Å². The Morgan fingerprint density at radius 2 is 0.750 bits per heavy atom. The molecule has 2 aliphatic heterocycles. The van der Waals surface area contributed by atoms with Gasteiger partial charge in [0, 0.05) is 33.9 Å². The molecular weight excluding hydrogens is 675 g/mol. The largest absolute Gasteiger partial charge is 0.311 e. The van der Waals surface area contributed by atoms with Gasteiger partial charge in [0.2, 0.25) is 0 Å². The molecule has 2 aliphatic rings. The Bertz CT molecular complexity index is 2490. The van der Waals surface area contributed by atoms with Gasteiger partial charge in [0.15, 0.2) is 0 Å². The number of benzene rings is 7. The van der Waals surface area contributed by atoms with Gasteiger partial charge >= 0.3 is 0 Å². The molecule has 0 saturated heterocycles. The van der Waals surface area contributed by atoms with Crippen LogP contribution in [0.15, 0.2) is 146 Å². The molecule has 0 unspecified atom stereocenters. The van der Waals surface area contributed by atoms with Crippen LogP contribution in [0, 0.1) is 20.8 Å². The number of aryl methyl sites for hydroxylation is 3. The number of fused-ring (bicyclic) bond motifs is 4. The highest BCUT2D eigenvalue weighted by Gasteiger charge is 2.45. The van der Waals surface area contributed by atoms with Gasteiger partial charge in [0.1, 0.15) is 0 Å². The van der Waals surface area contributed by atoms with E-state index in [-0.39, 0.29) is 17.5 Å². The van der Waals surface area contributed by atoms with Crippen molar-refractivity contribution < 1.29 is 0 Å². The van der Waals surface area contributed by atoms with Crippen molar-refractivity contribution in [2.45, 2.75) is 73.1 Å². The van der Waals surface area contributed by atoms with Gasteiger partial charge < -0.3 is 9.80 Å². The second-order valence-corrected chi connectivity index (χ2v) is 18.0. The summed E-state index contributed by atoms with van der Waals surface area (Å²) in [5.41, 5.74) is 22.9. The lowest BCUT2D eigenvalue weighted by Gasteiger charge is -2.45. The SMILES string of the molecule is Cc1cc2c3c(c1)N(c1ccccc1-c1ccccc1C)c1ccc(C(C)(C)C)cc1B3c1cc(C(C)(C)C)ccc1N2c1ccccc1-c1ccccc1C. The molecule has 0 saturated carbocycles. The van der Waals surface area contributed by atoms with E-state index in [0.717, 1.165) is 0 Å². The smallest absolute Gasteiger partial charge is 0.252 e. The Morgan fingerprint density at radius 1 is 0.375 bits per heavy atom. The number of anilines is 6. The monoisotopic (exact) mass is 726 g/mol. The van der Waals surface area contributed by atoms with E-state index in [4.69, 9.17) is 0 Å². The van der Waals surface area contributed by atoms with Gasteiger partial charge in [-0.3, -0.25) is 0 Å². The van der Waals surface area contributed by atoms with E-state index < -0.39 is 0 Å². The quantitative estimate of drug-likeness (QED) is 0.167. The number of hydrogen-bond acceptors (Lipinski definition) is 2. The van der Waals surface area contributed by atoms with Gasteiger partial charge in [-0.05, 0) is 123 Å². The van der Waals surface area contributed by atoms with E-state index in [1.807, 2.05) is 0 Å². The molecular formula is C53H51BN2. The van der Waals surface area contributed by atoms with Crippen molar-refractivity contribution in [3.63, 3.8) is 0 Å². The lowest BCUT2D eigenvalue weighted by Crippen LogP contribution is -2.61. The highest BCUT2D eigenvalue weighted by atomic mass is 15.2. The molecule has 0 radical (unpaired) electrons. The third kappa shape index (κ3) is 5.79. The zero-order chi connectivity index (χ0) is 39.1. The fraction of sp³-hybridized carbons (Fsp3) is 0.208. The fourth-order valence-corrected chi connectivity index (χ4v) is 9.14. The second-order valence-electron chi connectivity index (χ2n) is 18.0. The highest BCUT2D eigenvalue weighted by molar-refractivity contribution is 7.00. The summed E-state index contributed by atoms with van der Waals surface area (Å²) in [5, 5.41) is 0. The normalized spacial score (nSPS) is 13.3. The third-order valence-electron chi connectivity index (χ3n) is 12.1. The zero-order valence-corrected chi connectivity index (χ0v) is 34.3. The van der Waals surface area contributed by atoms with E-state index >= 15 is 0 Å². The van der Waals surface area contributed by atoms with Crippen LogP contribution in [-0.2, 0) is 10.8 Å². The van der Waals surface area contributed by atoms with Crippen LogP contribution in [0.1, 0.15) is 69.4 Å². The Hall–Kier alpha value is -5.80. The lowest BCUT2D eigenvalue weighted by molar-refractivity contribution is 0.590. The summed E-state index contributed by atoms with van der Waals surface area (Å²) in [5.74, 6) is 0. The minimum Gasteiger partial charge on any atom is -0.311 e. The van der Waals surface area contributed by atoms with Gasteiger partial charge in [-0.1, -0.05) is 151 Å². The first kappa shape index (κ1) is 35.9. The molecule has 0 aromatic heterocycles. The molecule has 0 bridgehead atoms. The third-order valence-corrected chi connectivity index (χ3v) is 12.1. The number of rotatable bonds is 4. The van der Waals surface area contributed by atoms with Crippen LogP contribution in [0.5, 0.6) is 0 Å². The molecule has 3 heteroatoms. The molecule has 56 heavy (non-hydrogen) atoms. The average molecular weight is 727 g/mol. The topological polar surface area (TPSA) is 6.48 Å². The van der Waals surface area contributed by atoms with Crippen molar-refractivity contribution >= 4 is 57.2 Å². The molecule has 2 nitrogen and oxygen atoms in total. The van der Waals surface area contributed by atoms with Gasteiger partial charge in [-0.2, -0.15) is 0 Å². The predicted molar refractivity (Wildman–Crippen MR) is 243 cm³/mol. The Labute approximate surface area is 334 Å². The maximum absolute atomic E-state index is 2.58. The van der Waals surface area contributed by atoms with Crippen LogP contribution in [-0.4, -0.2) is 6.71 Å². The van der Waals surface area contributed by atoms with Crippen LogP contribution in [0.2, 0.25) is 0 Å². The first-order valence-electron chi connectivity index (χ1n) is 20.1. The van der Waals surface area contributed by atoms with Crippen LogP contribution in [0.3, 0.4) is 0 Å². The van der Waals surface area contributed by atoms with Crippen molar-refractivity contribution in [2.24, 2.45) is 0 Å². The van der Waals surface area contributed by atoms with Crippen LogP contribution in [0.25, 0.3) is 22.3 Å². The Balaban J connectivity index is 1.42. The number of hydrogen-bond donors (Lipinski definition) is 0. The van der Waals surface area contributed by atoms with Crippen molar-refractivity contribution in [1.82, 2.24) is 0 Å². The first-order chi connectivity index (χ1) is 26.8. The molecule has 0 spiro atoms. The molecule has 7 aromatic carbocycles. The fourth-order valence-electron chi connectivity index (χ4n) is 9.14. The predicted octanol–water partition coefficient (Wildman–Crippen LogP) is 12.6. The zero-order valence-electron chi connectivity index (χ0n) is 34.3. The summed E-state index contributed by atoms with van der Waals surface area (Å²) in [6, 6.07) is 55.1. The summed E-state index contributed by atoms with van der Waals surface area (Å²) in [6.07, 6.45) is 0. The maximum Gasteiger partial charge on any atom is 0.252 e. The first-order valence-corrected chi connectivity index (χ1v) is 20.1. The van der Waals surface area contributed by atoms with Crippen molar-refractivity contribution in [3.8, 4) is 22.3 Å².